The third-order valence-corrected chi connectivity index (χ3v) is 8.03. The van der Waals surface area contributed by atoms with E-state index in [0.717, 1.165) is 12.8 Å². The Kier molecular flexibility index (Phi) is 24.9. The van der Waals surface area contributed by atoms with E-state index in [0.29, 0.717) is 23.8 Å². The summed E-state index contributed by atoms with van der Waals surface area (Å²) in [5, 5.41) is 8.60. The van der Waals surface area contributed by atoms with Crippen LogP contribution in [0.15, 0.2) is 18.3 Å². The molecule has 0 saturated carbocycles. The maximum Gasteiger partial charge on any atom is 0.407 e. The van der Waals surface area contributed by atoms with Crippen LogP contribution in [0.2, 0.25) is 5.15 Å². The van der Waals surface area contributed by atoms with Crippen LogP contribution in [0.3, 0.4) is 0 Å². The summed E-state index contributed by atoms with van der Waals surface area (Å²) in [6.07, 6.45) is 20.8. The average molecular weight is 656 g/mol. The zero-order valence-corrected chi connectivity index (χ0v) is 28.9. The molecule has 1 rings (SSSR count). The molecule has 0 saturated heterocycles. The van der Waals surface area contributed by atoms with Gasteiger partial charge in [-0.25, -0.2) is 9.59 Å². The molecule has 1 unspecified atom stereocenters. The molecule has 258 valence electrons. The van der Waals surface area contributed by atoms with Crippen molar-refractivity contribution < 1.29 is 33.2 Å². The number of pyridine rings is 1. The van der Waals surface area contributed by atoms with Gasteiger partial charge in [0, 0.05) is 32.8 Å². The number of ether oxygens (including phenoxy) is 3. The zero-order chi connectivity index (χ0) is 33.0. The second kappa shape index (κ2) is 27.7. The SMILES string of the molecule is CCCCCCCCCCCCCCCCCCNC(=O)OCC(COC(=O)NCCNC(=O)c1ccc(Cl)[n+](CC)c1)OC. The smallest absolute Gasteiger partial charge is 0.407 e. The first-order chi connectivity index (χ1) is 21.9. The summed E-state index contributed by atoms with van der Waals surface area (Å²) in [4.78, 5) is 36.3. The molecular weight excluding hydrogens is 596 g/mol. The first kappa shape index (κ1) is 40.4. The number of methoxy groups -OCH3 is 1. The highest BCUT2D eigenvalue weighted by molar-refractivity contribution is 6.28. The number of aryl methyl sites for hydroxylation is 1. The van der Waals surface area contributed by atoms with Gasteiger partial charge in [0.25, 0.3) is 11.1 Å². The lowest BCUT2D eigenvalue weighted by Crippen LogP contribution is -2.38. The largest absolute Gasteiger partial charge is 0.447 e. The second-order valence-corrected chi connectivity index (χ2v) is 11.9. The lowest BCUT2D eigenvalue weighted by atomic mass is 10.0. The normalized spacial score (nSPS) is 11.6. The van der Waals surface area contributed by atoms with Crippen LogP contribution in [0.1, 0.15) is 127 Å². The van der Waals surface area contributed by atoms with E-state index in [-0.39, 0.29) is 32.2 Å². The van der Waals surface area contributed by atoms with Crippen LogP contribution in [0, 0.1) is 0 Å². The molecule has 0 aliphatic carbocycles. The monoisotopic (exact) mass is 655 g/mol. The zero-order valence-electron chi connectivity index (χ0n) is 28.1. The van der Waals surface area contributed by atoms with E-state index in [9.17, 15) is 14.4 Å². The number of nitrogens with one attached hydrogen (secondary N) is 3. The van der Waals surface area contributed by atoms with Gasteiger partial charge in [0.1, 0.15) is 31.4 Å². The lowest BCUT2D eigenvalue weighted by Gasteiger charge is -2.16. The molecule has 0 fully saturated rings. The van der Waals surface area contributed by atoms with E-state index in [4.69, 9.17) is 25.8 Å². The fourth-order valence-corrected chi connectivity index (χ4v) is 5.06. The fourth-order valence-electron chi connectivity index (χ4n) is 4.83. The van der Waals surface area contributed by atoms with Crippen LogP contribution in [0.4, 0.5) is 9.59 Å². The quantitative estimate of drug-likeness (QED) is 0.0528. The Bertz CT molecular complexity index is 936. The molecule has 0 aromatic carbocycles. The summed E-state index contributed by atoms with van der Waals surface area (Å²) in [6.45, 7) is 5.70. The lowest BCUT2D eigenvalue weighted by molar-refractivity contribution is -0.691. The van der Waals surface area contributed by atoms with Crippen molar-refractivity contribution in [3.63, 3.8) is 0 Å². The number of amides is 3. The van der Waals surface area contributed by atoms with Crippen LogP contribution in [-0.4, -0.2) is 64.2 Å². The van der Waals surface area contributed by atoms with Gasteiger partial charge in [-0.2, -0.15) is 4.57 Å². The van der Waals surface area contributed by atoms with Crippen LogP contribution in [-0.2, 0) is 20.8 Å². The molecule has 45 heavy (non-hydrogen) atoms. The van der Waals surface area contributed by atoms with Gasteiger partial charge in [-0.1, -0.05) is 103 Å². The average Bonchev–Trinajstić information content (AvgIpc) is 3.04. The highest BCUT2D eigenvalue weighted by atomic mass is 35.5. The fraction of sp³-hybridized carbons (Fsp3) is 0.765. The molecule has 1 atom stereocenters. The van der Waals surface area contributed by atoms with Crippen LogP contribution < -0.4 is 20.5 Å². The van der Waals surface area contributed by atoms with Gasteiger partial charge in [0.05, 0.1) is 0 Å². The van der Waals surface area contributed by atoms with Gasteiger partial charge in [0.15, 0.2) is 6.20 Å². The number of carbonyl (C=O) groups excluding carboxylic acids is 3. The summed E-state index contributed by atoms with van der Waals surface area (Å²) in [5.74, 6) is -0.270. The summed E-state index contributed by atoms with van der Waals surface area (Å²) >= 11 is 6.06. The molecule has 1 aromatic heterocycles. The Hall–Kier alpha value is -2.59. The molecule has 0 aliphatic heterocycles. The molecule has 1 aromatic rings. The maximum atomic E-state index is 12.3. The van der Waals surface area contributed by atoms with E-state index < -0.39 is 18.3 Å². The number of hydrogen-bond donors (Lipinski definition) is 3. The highest BCUT2D eigenvalue weighted by Gasteiger charge is 2.15. The van der Waals surface area contributed by atoms with Gasteiger partial charge in [-0.05, 0) is 31.0 Å². The number of rotatable bonds is 27. The topological polar surface area (TPSA) is 119 Å². The van der Waals surface area contributed by atoms with Crippen molar-refractivity contribution in [3.05, 3.63) is 29.0 Å². The number of carbonyl (C=O) groups is 3. The van der Waals surface area contributed by atoms with Crippen LogP contribution >= 0.6 is 11.6 Å². The summed E-state index contributed by atoms with van der Waals surface area (Å²) in [5.41, 5.74) is 0.473. The predicted molar refractivity (Wildman–Crippen MR) is 179 cm³/mol. The van der Waals surface area contributed by atoms with Crippen molar-refractivity contribution in [3.8, 4) is 0 Å². The molecule has 3 N–H and O–H groups in total. The van der Waals surface area contributed by atoms with Gasteiger partial charge >= 0.3 is 12.2 Å². The number of unbranched alkanes of at least 4 members (excludes halogenated alkanes) is 15. The molecule has 0 bridgehead atoms. The summed E-state index contributed by atoms with van der Waals surface area (Å²) in [6, 6.07) is 3.30. The summed E-state index contributed by atoms with van der Waals surface area (Å²) in [7, 11) is 1.46. The first-order valence-corrected chi connectivity index (χ1v) is 17.6. The van der Waals surface area contributed by atoms with Gasteiger partial charge < -0.3 is 30.2 Å². The Morgan fingerprint density at radius 3 is 1.64 bits per heavy atom. The van der Waals surface area contributed by atoms with Gasteiger partial charge in [-0.3, -0.25) is 4.79 Å². The van der Waals surface area contributed by atoms with Crippen molar-refractivity contribution in [2.24, 2.45) is 0 Å². The number of aromatic nitrogens is 1. The molecule has 11 heteroatoms. The van der Waals surface area contributed by atoms with E-state index in [2.05, 4.69) is 22.9 Å². The molecule has 0 spiro atoms. The van der Waals surface area contributed by atoms with E-state index in [1.165, 1.54) is 97.0 Å². The standard InChI is InChI=1S/C34H59ClN4O6/c1-4-6-7-8-9-10-11-12-13-14-15-16-17-18-19-20-23-37-33(41)44-27-30(43-3)28-45-34(42)38-25-24-36-32(40)29-21-22-31(35)39(5-2)26-29/h21-22,26,30H,4-20,23-25,27-28H2,1-3H3,(H2-,36,37,38,40,41,42)/p+1. The minimum atomic E-state index is -0.658. The number of halogens is 1. The Morgan fingerprint density at radius 1 is 0.689 bits per heavy atom. The number of hydrogen-bond acceptors (Lipinski definition) is 6. The first-order valence-electron chi connectivity index (χ1n) is 17.2. The molecule has 3 amide bonds. The van der Waals surface area contributed by atoms with Crippen LogP contribution in [0.25, 0.3) is 0 Å². The van der Waals surface area contributed by atoms with Crippen molar-refractivity contribution in [1.82, 2.24) is 16.0 Å². The molecule has 0 radical (unpaired) electrons. The number of alkyl carbamates (subject to hydrolysis) is 2. The van der Waals surface area contributed by atoms with Gasteiger partial charge in [-0.15, -0.1) is 0 Å². The van der Waals surface area contributed by atoms with E-state index >= 15 is 0 Å². The minimum absolute atomic E-state index is 0.0382. The van der Waals surface area contributed by atoms with E-state index in [1.54, 1.807) is 22.9 Å². The predicted octanol–water partition coefficient (Wildman–Crippen LogP) is 7.11. The Balaban J connectivity index is 1.97. The Morgan fingerprint density at radius 2 is 1.16 bits per heavy atom. The third kappa shape index (κ3) is 21.7. The molecular formula is C34H60ClN4O6+. The second-order valence-electron chi connectivity index (χ2n) is 11.5. The Labute approximate surface area is 276 Å². The maximum absolute atomic E-state index is 12.3. The highest BCUT2D eigenvalue weighted by Crippen LogP contribution is 2.13. The third-order valence-electron chi connectivity index (χ3n) is 7.69. The van der Waals surface area contributed by atoms with E-state index in [1.807, 2.05) is 6.92 Å². The number of nitrogens with zero attached hydrogens (tertiary/aromatic N) is 1. The van der Waals surface area contributed by atoms with Crippen molar-refractivity contribution >= 4 is 29.7 Å². The molecule has 1 heterocycles. The minimum Gasteiger partial charge on any atom is -0.447 e. The molecule has 10 nitrogen and oxygen atoms in total. The van der Waals surface area contributed by atoms with Crippen molar-refractivity contribution in [1.29, 1.82) is 0 Å². The summed E-state index contributed by atoms with van der Waals surface area (Å²) < 4.78 is 17.3. The van der Waals surface area contributed by atoms with Crippen molar-refractivity contribution in [2.45, 2.75) is 129 Å². The molecule has 0 aliphatic rings. The van der Waals surface area contributed by atoms with Gasteiger partial charge in [0.2, 0.25) is 0 Å². The van der Waals surface area contributed by atoms with Crippen molar-refractivity contribution in [2.75, 3.05) is 40.0 Å². The van der Waals surface area contributed by atoms with Crippen LogP contribution in [0.5, 0.6) is 0 Å².